The molecule has 0 aliphatic carbocycles. The number of rotatable bonds is 15. The molecule has 0 radical (unpaired) electrons. The monoisotopic (exact) mass is 362 g/mol. The maximum absolute atomic E-state index is 11.4. The highest BCUT2D eigenvalue weighted by Crippen LogP contribution is 2.35. The van der Waals surface area contributed by atoms with Crippen molar-refractivity contribution in [2.24, 2.45) is 0 Å². The van der Waals surface area contributed by atoms with Crippen LogP contribution in [-0.4, -0.2) is 35.1 Å². The summed E-state index contributed by atoms with van der Waals surface area (Å²) >= 11 is 0. The lowest BCUT2D eigenvalue weighted by atomic mass is 10.1. The Morgan fingerprint density at radius 2 is 1.42 bits per heavy atom. The van der Waals surface area contributed by atoms with Crippen molar-refractivity contribution in [1.82, 2.24) is 10.6 Å². The summed E-state index contributed by atoms with van der Waals surface area (Å²) in [7, 11) is -3.81. The zero-order chi connectivity index (χ0) is 18.1. The Balaban J connectivity index is 3.29. The van der Waals surface area contributed by atoms with Gasteiger partial charge in [-0.2, -0.15) is 0 Å². The smallest absolute Gasteiger partial charge is 0.325 e. The summed E-state index contributed by atoms with van der Waals surface area (Å²) in [4.78, 5) is 28.9. The summed E-state index contributed by atoms with van der Waals surface area (Å²) in [5.74, 6) is 0. The summed E-state index contributed by atoms with van der Waals surface area (Å²) in [6.45, 7) is 3.59. The lowest BCUT2D eigenvalue weighted by molar-refractivity contribution is 0.240. The first kappa shape index (κ1) is 23.2. The quantitative estimate of drug-likeness (QED) is 0.201. The highest BCUT2D eigenvalue weighted by atomic mass is 31.2. The molecule has 4 N–H and O–H groups in total. The third kappa shape index (κ3) is 19.2. The second-order valence-corrected chi connectivity index (χ2v) is 7.87. The number of nitrogens with one attached hydrogen (secondary N) is 2. The Morgan fingerprint density at radius 1 is 0.875 bits per heavy atom. The van der Waals surface area contributed by atoms with E-state index in [-0.39, 0.29) is 12.2 Å². The molecular weight excluding hydrogens is 327 g/mol. The Kier molecular flexibility index (Phi) is 15.1. The van der Waals surface area contributed by atoms with Gasteiger partial charge in [-0.15, -0.1) is 0 Å². The van der Waals surface area contributed by atoms with Crippen LogP contribution in [0, 0.1) is 0 Å². The van der Waals surface area contributed by atoms with Crippen molar-refractivity contribution in [2.75, 3.05) is 19.3 Å². The van der Waals surface area contributed by atoms with Crippen LogP contribution in [0.1, 0.15) is 71.1 Å². The van der Waals surface area contributed by atoms with E-state index < -0.39 is 7.60 Å². The van der Waals surface area contributed by atoms with Crippen LogP contribution in [0.15, 0.2) is 12.2 Å². The summed E-state index contributed by atoms with van der Waals surface area (Å²) in [5.41, 5.74) is 0. The molecule has 0 heterocycles. The molecule has 0 rings (SSSR count). The molecule has 0 aliphatic heterocycles. The number of urea groups is 1. The molecule has 6 nitrogen and oxygen atoms in total. The fraction of sp³-hybridized carbons (Fsp3) is 0.824. The van der Waals surface area contributed by atoms with Crippen LogP contribution in [0.25, 0.3) is 0 Å². The van der Waals surface area contributed by atoms with Gasteiger partial charge in [0.1, 0.15) is 0 Å². The number of hydrogen-bond acceptors (Lipinski definition) is 2. The number of carbonyl (C=O) groups excluding carboxylic acids is 1. The van der Waals surface area contributed by atoms with Gasteiger partial charge in [0.25, 0.3) is 0 Å². The van der Waals surface area contributed by atoms with Crippen LogP contribution in [0.5, 0.6) is 0 Å². The molecule has 0 aromatic heterocycles. The Bertz CT molecular complexity index is 383. The molecule has 7 heteroatoms. The van der Waals surface area contributed by atoms with Gasteiger partial charge >= 0.3 is 13.6 Å². The van der Waals surface area contributed by atoms with Crippen molar-refractivity contribution in [3.63, 3.8) is 0 Å². The second-order valence-electron chi connectivity index (χ2n) is 6.09. The summed E-state index contributed by atoms with van der Waals surface area (Å²) in [6.07, 6.45) is 14.0. The van der Waals surface area contributed by atoms with E-state index in [1.165, 1.54) is 0 Å². The lowest BCUT2D eigenvalue weighted by Gasteiger charge is -2.06. The maximum atomic E-state index is 11.4. The fourth-order valence-corrected chi connectivity index (χ4v) is 2.86. The first-order valence-electron chi connectivity index (χ1n) is 9.17. The standard InChI is InChI=1S/C17H35N2O4P/c1-2-3-11-14-18-17(20)19-15-12-9-7-5-4-6-8-10-13-16-24(21,22)23/h4-5H,2-3,6-16H2,1H3,(H2,18,19,20)(H2,21,22,23). The molecule has 0 aliphatic rings. The highest BCUT2D eigenvalue weighted by Gasteiger charge is 2.10. The Labute approximate surface area is 146 Å². The van der Waals surface area contributed by atoms with E-state index in [1.807, 2.05) is 0 Å². The van der Waals surface area contributed by atoms with Gasteiger partial charge in [-0.25, -0.2) is 4.79 Å². The van der Waals surface area contributed by atoms with E-state index in [4.69, 9.17) is 9.79 Å². The van der Waals surface area contributed by atoms with Crippen LogP contribution in [0.3, 0.4) is 0 Å². The topological polar surface area (TPSA) is 98.7 Å². The van der Waals surface area contributed by atoms with Crippen molar-refractivity contribution in [1.29, 1.82) is 0 Å². The van der Waals surface area contributed by atoms with E-state index >= 15 is 0 Å². The van der Waals surface area contributed by atoms with Gasteiger partial charge in [-0.3, -0.25) is 4.57 Å². The van der Waals surface area contributed by atoms with Crippen molar-refractivity contribution in [3.05, 3.63) is 12.2 Å². The summed E-state index contributed by atoms with van der Waals surface area (Å²) in [6, 6.07) is -0.0723. The molecule has 0 atom stereocenters. The molecule has 0 unspecified atom stereocenters. The molecule has 0 spiro atoms. The molecule has 24 heavy (non-hydrogen) atoms. The van der Waals surface area contributed by atoms with Crippen molar-refractivity contribution >= 4 is 13.6 Å². The summed E-state index contributed by atoms with van der Waals surface area (Å²) < 4.78 is 10.7. The predicted octanol–water partition coefficient (Wildman–Crippen LogP) is 3.94. The van der Waals surface area contributed by atoms with Gasteiger partial charge < -0.3 is 20.4 Å². The zero-order valence-corrected chi connectivity index (χ0v) is 15.9. The minimum Gasteiger partial charge on any atom is -0.338 e. The Morgan fingerprint density at radius 3 is 1.96 bits per heavy atom. The van der Waals surface area contributed by atoms with Crippen LogP contribution >= 0.6 is 7.60 Å². The molecule has 2 amide bonds. The molecule has 0 fully saturated rings. The number of hydrogen-bond donors (Lipinski definition) is 4. The van der Waals surface area contributed by atoms with Crippen molar-refractivity contribution in [3.8, 4) is 0 Å². The summed E-state index contributed by atoms with van der Waals surface area (Å²) in [5, 5.41) is 5.71. The van der Waals surface area contributed by atoms with E-state index in [0.29, 0.717) is 13.0 Å². The van der Waals surface area contributed by atoms with Crippen LogP contribution in [0.4, 0.5) is 4.79 Å². The van der Waals surface area contributed by atoms with Crippen LogP contribution < -0.4 is 10.6 Å². The molecule has 0 saturated carbocycles. The fourth-order valence-electron chi connectivity index (χ4n) is 2.22. The molecule has 0 aromatic carbocycles. The van der Waals surface area contributed by atoms with E-state index in [2.05, 4.69) is 29.7 Å². The van der Waals surface area contributed by atoms with E-state index in [0.717, 1.165) is 64.3 Å². The molecular formula is C17H35N2O4P. The van der Waals surface area contributed by atoms with Crippen molar-refractivity contribution < 1.29 is 19.1 Å². The predicted molar refractivity (Wildman–Crippen MR) is 99.3 cm³/mol. The number of unbranched alkanes of at least 4 members (excludes halogenated alkanes) is 7. The molecule has 0 saturated heterocycles. The normalized spacial score (nSPS) is 11.8. The lowest BCUT2D eigenvalue weighted by Crippen LogP contribution is -2.36. The largest absolute Gasteiger partial charge is 0.338 e. The second kappa shape index (κ2) is 15.7. The minimum atomic E-state index is -3.81. The minimum absolute atomic E-state index is 0.00407. The van der Waals surface area contributed by atoms with Gasteiger partial charge in [0.05, 0.1) is 0 Å². The molecule has 0 aromatic rings. The van der Waals surface area contributed by atoms with Crippen LogP contribution in [0.2, 0.25) is 0 Å². The third-order valence-corrected chi connectivity index (χ3v) is 4.53. The average molecular weight is 362 g/mol. The molecule has 0 bridgehead atoms. The van der Waals surface area contributed by atoms with Gasteiger partial charge in [0.2, 0.25) is 0 Å². The van der Waals surface area contributed by atoms with Crippen molar-refractivity contribution in [2.45, 2.75) is 71.1 Å². The van der Waals surface area contributed by atoms with Crippen LogP contribution in [-0.2, 0) is 4.57 Å². The average Bonchev–Trinajstić information content (AvgIpc) is 2.51. The van der Waals surface area contributed by atoms with Gasteiger partial charge in [-0.1, -0.05) is 38.3 Å². The third-order valence-electron chi connectivity index (χ3n) is 3.64. The van der Waals surface area contributed by atoms with Gasteiger partial charge in [0, 0.05) is 19.3 Å². The number of allylic oxidation sites excluding steroid dienone is 2. The molecule has 142 valence electrons. The first-order valence-corrected chi connectivity index (χ1v) is 11.0. The highest BCUT2D eigenvalue weighted by molar-refractivity contribution is 7.51. The van der Waals surface area contributed by atoms with E-state index in [1.54, 1.807) is 0 Å². The SMILES string of the molecule is CCCCCNC(=O)NCCCCC=CCCCCCP(=O)(O)O. The number of carbonyl (C=O) groups is 1. The maximum Gasteiger partial charge on any atom is 0.325 e. The first-order chi connectivity index (χ1) is 11.5. The zero-order valence-electron chi connectivity index (χ0n) is 15.0. The van der Waals surface area contributed by atoms with Gasteiger partial charge in [0.15, 0.2) is 0 Å². The number of amides is 2. The Hall–Kier alpha value is -0.840. The van der Waals surface area contributed by atoms with Gasteiger partial charge in [-0.05, 0) is 44.9 Å². The van der Waals surface area contributed by atoms with E-state index in [9.17, 15) is 9.36 Å².